The molecule has 0 bridgehead atoms. The predicted octanol–water partition coefficient (Wildman–Crippen LogP) is 2.81. The van der Waals surface area contributed by atoms with Gasteiger partial charge in [-0.2, -0.15) is 11.8 Å². The van der Waals surface area contributed by atoms with Gasteiger partial charge in [0.15, 0.2) is 0 Å². The van der Waals surface area contributed by atoms with E-state index in [0.717, 1.165) is 23.7 Å². The van der Waals surface area contributed by atoms with E-state index in [1.54, 1.807) is 11.8 Å². The van der Waals surface area contributed by atoms with E-state index in [0.29, 0.717) is 6.10 Å². The van der Waals surface area contributed by atoms with Crippen LogP contribution in [0.15, 0.2) is 30.3 Å². The van der Waals surface area contributed by atoms with E-state index in [-0.39, 0.29) is 0 Å². The minimum absolute atomic E-state index is 0.395. The Morgan fingerprint density at radius 3 is 2.82 bits per heavy atom. The minimum atomic E-state index is -0.746. The van der Waals surface area contributed by atoms with Gasteiger partial charge in [-0.15, -0.1) is 0 Å². The first kappa shape index (κ1) is 12.9. The fourth-order valence-corrected chi connectivity index (χ4v) is 3.25. The van der Waals surface area contributed by atoms with Gasteiger partial charge in [0.2, 0.25) is 0 Å². The maximum Gasteiger partial charge on any atom is 0.0958 e. The van der Waals surface area contributed by atoms with Crippen molar-refractivity contribution in [3.8, 4) is 0 Å². The van der Waals surface area contributed by atoms with E-state index < -0.39 is 5.60 Å². The molecule has 1 aromatic rings. The molecule has 2 rings (SSSR count). The van der Waals surface area contributed by atoms with Crippen LogP contribution in [-0.2, 0) is 10.3 Å². The van der Waals surface area contributed by atoms with Crippen LogP contribution >= 0.6 is 11.8 Å². The lowest BCUT2D eigenvalue weighted by Gasteiger charge is -2.24. The Kier molecular flexibility index (Phi) is 4.48. The fraction of sp³-hybridized carbons (Fsp3) is 0.571. The molecule has 1 heterocycles. The molecule has 1 N–H and O–H groups in total. The smallest absolute Gasteiger partial charge is 0.0958 e. The summed E-state index contributed by atoms with van der Waals surface area (Å²) in [4.78, 5) is 0. The highest BCUT2D eigenvalue weighted by Gasteiger charge is 2.24. The third-order valence-electron chi connectivity index (χ3n) is 3.11. The summed E-state index contributed by atoms with van der Waals surface area (Å²) in [7, 11) is 0. The summed E-state index contributed by atoms with van der Waals surface area (Å²) >= 11 is 1.78. The lowest BCUT2D eigenvalue weighted by molar-refractivity contribution is 0.0835. The van der Waals surface area contributed by atoms with Gasteiger partial charge in [-0.3, -0.25) is 0 Å². The molecule has 0 saturated carbocycles. The zero-order chi connectivity index (χ0) is 12.1. The van der Waals surface area contributed by atoms with Gasteiger partial charge in [-0.25, -0.2) is 0 Å². The molecule has 2 nitrogen and oxygen atoms in total. The second-order valence-electron chi connectivity index (χ2n) is 4.79. The standard InChI is InChI=1S/C14H20O2S/c1-14(15,12-6-3-2-4-7-12)11-17-10-13-8-5-9-16-13/h2-4,6-7,13,15H,5,8-11H2,1H3. The van der Waals surface area contributed by atoms with Crippen LogP contribution in [-0.4, -0.2) is 29.3 Å². The van der Waals surface area contributed by atoms with Crippen molar-refractivity contribution in [2.75, 3.05) is 18.1 Å². The van der Waals surface area contributed by atoms with Crippen molar-refractivity contribution in [2.24, 2.45) is 0 Å². The van der Waals surface area contributed by atoms with Crippen LogP contribution in [0.25, 0.3) is 0 Å². The van der Waals surface area contributed by atoms with Crippen LogP contribution in [0.1, 0.15) is 25.3 Å². The molecular formula is C14H20O2S. The normalized spacial score (nSPS) is 23.5. The lowest BCUT2D eigenvalue weighted by atomic mass is 9.99. The summed E-state index contributed by atoms with van der Waals surface area (Å²) in [6.07, 6.45) is 2.74. The van der Waals surface area contributed by atoms with Crippen molar-refractivity contribution in [2.45, 2.75) is 31.5 Å². The monoisotopic (exact) mass is 252 g/mol. The van der Waals surface area contributed by atoms with Crippen LogP contribution < -0.4 is 0 Å². The second kappa shape index (κ2) is 5.89. The summed E-state index contributed by atoms with van der Waals surface area (Å²) in [5, 5.41) is 10.4. The maximum absolute atomic E-state index is 10.4. The molecule has 1 aromatic carbocycles. The van der Waals surface area contributed by atoms with Crippen molar-refractivity contribution in [1.29, 1.82) is 0 Å². The number of aliphatic hydroxyl groups is 1. The number of ether oxygens (including phenoxy) is 1. The molecule has 1 saturated heterocycles. The maximum atomic E-state index is 10.4. The van der Waals surface area contributed by atoms with Gasteiger partial charge < -0.3 is 9.84 Å². The first-order chi connectivity index (χ1) is 8.18. The van der Waals surface area contributed by atoms with Crippen LogP contribution in [0.4, 0.5) is 0 Å². The van der Waals surface area contributed by atoms with Crippen molar-refractivity contribution >= 4 is 11.8 Å². The van der Waals surface area contributed by atoms with Gasteiger partial charge in [-0.05, 0) is 25.3 Å². The molecule has 2 unspecified atom stereocenters. The van der Waals surface area contributed by atoms with E-state index in [4.69, 9.17) is 4.74 Å². The summed E-state index contributed by atoms with van der Waals surface area (Å²) in [6.45, 7) is 2.78. The average Bonchev–Trinajstić information content (AvgIpc) is 2.83. The minimum Gasteiger partial charge on any atom is -0.385 e. The Balaban J connectivity index is 1.80. The highest BCUT2D eigenvalue weighted by atomic mass is 32.2. The number of benzene rings is 1. The van der Waals surface area contributed by atoms with Crippen molar-refractivity contribution in [1.82, 2.24) is 0 Å². The molecule has 94 valence electrons. The third-order valence-corrected chi connectivity index (χ3v) is 4.48. The van der Waals surface area contributed by atoms with Gasteiger partial charge in [0.1, 0.15) is 0 Å². The molecule has 17 heavy (non-hydrogen) atoms. The number of hydrogen-bond donors (Lipinski definition) is 1. The molecular weight excluding hydrogens is 232 g/mol. The van der Waals surface area contributed by atoms with Crippen LogP contribution in [0.3, 0.4) is 0 Å². The van der Waals surface area contributed by atoms with Gasteiger partial charge >= 0.3 is 0 Å². The molecule has 0 amide bonds. The Labute approximate surface area is 107 Å². The van der Waals surface area contributed by atoms with E-state index in [9.17, 15) is 5.11 Å². The van der Waals surface area contributed by atoms with E-state index in [1.165, 1.54) is 12.8 Å². The summed E-state index contributed by atoms with van der Waals surface area (Å²) in [5.74, 6) is 1.71. The molecule has 3 heteroatoms. The lowest BCUT2D eigenvalue weighted by Crippen LogP contribution is -2.25. The number of rotatable bonds is 5. The Morgan fingerprint density at radius 1 is 1.41 bits per heavy atom. The largest absolute Gasteiger partial charge is 0.385 e. The zero-order valence-corrected chi connectivity index (χ0v) is 11.1. The van der Waals surface area contributed by atoms with Crippen LogP contribution in [0, 0.1) is 0 Å². The van der Waals surface area contributed by atoms with Crippen molar-refractivity contribution in [3.05, 3.63) is 35.9 Å². The Hall–Kier alpha value is -0.510. The molecule has 0 spiro atoms. The Bertz CT molecular complexity index is 331. The molecule has 1 fully saturated rings. The fourth-order valence-electron chi connectivity index (χ4n) is 2.05. The predicted molar refractivity (Wildman–Crippen MR) is 72.3 cm³/mol. The SMILES string of the molecule is CC(O)(CSCC1CCCO1)c1ccccc1. The topological polar surface area (TPSA) is 29.5 Å². The van der Waals surface area contributed by atoms with Crippen molar-refractivity contribution in [3.63, 3.8) is 0 Å². The van der Waals surface area contributed by atoms with Gasteiger partial charge in [0.05, 0.1) is 11.7 Å². The quantitative estimate of drug-likeness (QED) is 0.874. The van der Waals surface area contributed by atoms with E-state index in [1.807, 2.05) is 37.3 Å². The zero-order valence-electron chi connectivity index (χ0n) is 10.3. The number of hydrogen-bond acceptors (Lipinski definition) is 3. The molecule has 0 aliphatic carbocycles. The van der Waals surface area contributed by atoms with Crippen molar-refractivity contribution < 1.29 is 9.84 Å². The third kappa shape index (κ3) is 3.73. The second-order valence-corrected chi connectivity index (χ2v) is 5.82. The molecule has 0 radical (unpaired) electrons. The van der Waals surface area contributed by atoms with Gasteiger partial charge in [0.25, 0.3) is 0 Å². The summed E-state index contributed by atoms with van der Waals surface area (Å²) in [6, 6.07) is 9.86. The summed E-state index contributed by atoms with van der Waals surface area (Å²) in [5.41, 5.74) is 0.240. The van der Waals surface area contributed by atoms with Gasteiger partial charge in [-0.1, -0.05) is 30.3 Å². The Morgan fingerprint density at radius 2 is 2.18 bits per heavy atom. The van der Waals surface area contributed by atoms with Crippen LogP contribution in [0.5, 0.6) is 0 Å². The van der Waals surface area contributed by atoms with Gasteiger partial charge in [0, 0.05) is 18.1 Å². The molecule has 0 aromatic heterocycles. The first-order valence-electron chi connectivity index (χ1n) is 6.16. The van der Waals surface area contributed by atoms with Crippen LogP contribution in [0.2, 0.25) is 0 Å². The number of thioether (sulfide) groups is 1. The highest BCUT2D eigenvalue weighted by Crippen LogP contribution is 2.26. The van der Waals surface area contributed by atoms with E-state index >= 15 is 0 Å². The molecule has 2 atom stereocenters. The highest BCUT2D eigenvalue weighted by molar-refractivity contribution is 7.99. The molecule has 1 aliphatic rings. The average molecular weight is 252 g/mol. The first-order valence-corrected chi connectivity index (χ1v) is 7.31. The summed E-state index contributed by atoms with van der Waals surface area (Å²) < 4.78 is 5.57. The molecule has 1 aliphatic heterocycles. The van der Waals surface area contributed by atoms with E-state index in [2.05, 4.69) is 0 Å².